The van der Waals surface area contributed by atoms with E-state index in [1.165, 1.54) is 28.8 Å². The molecule has 0 spiro atoms. The number of ether oxygens (including phenoxy) is 1. The first-order valence-corrected chi connectivity index (χ1v) is 14.1. The number of thioether (sulfide) groups is 1. The smallest absolute Gasteiger partial charge is 0.338 e. The van der Waals surface area contributed by atoms with Crippen LogP contribution in [0.25, 0.3) is 10.2 Å². The Bertz CT molecular complexity index is 1340. The van der Waals surface area contributed by atoms with Crippen molar-refractivity contribution in [3.05, 3.63) is 71.6 Å². The number of carbonyl (C=O) groups excluding carboxylic acids is 3. The molecule has 0 radical (unpaired) electrons. The lowest BCUT2D eigenvalue weighted by molar-refractivity contribution is -0.128. The van der Waals surface area contributed by atoms with Crippen LogP contribution in [0.1, 0.15) is 17.3 Å². The molecule has 37 heavy (non-hydrogen) atoms. The lowest BCUT2D eigenvalue weighted by Crippen LogP contribution is -2.49. The number of allylic oxidation sites excluding steroid dienone is 1. The second kappa shape index (κ2) is 12.7. The summed E-state index contributed by atoms with van der Waals surface area (Å²) in [5.41, 5.74) is 2.49. The van der Waals surface area contributed by atoms with Crippen LogP contribution >= 0.6 is 23.1 Å². The van der Waals surface area contributed by atoms with E-state index in [-0.39, 0.29) is 29.3 Å². The van der Waals surface area contributed by atoms with Crippen molar-refractivity contribution in [3.8, 4) is 0 Å². The maximum Gasteiger partial charge on any atom is 0.338 e. The van der Waals surface area contributed by atoms with Gasteiger partial charge in [0, 0.05) is 38.4 Å². The van der Waals surface area contributed by atoms with Crippen LogP contribution in [0.3, 0.4) is 0 Å². The molecule has 2 aromatic carbocycles. The van der Waals surface area contributed by atoms with Gasteiger partial charge in [-0.05, 0) is 37.3 Å². The van der Waals surface area contributed by atoms with E-state index in [1.54, 1.807) is 25.1 Å². The van der Waals surface area contributed by atoms with Gasteiger partial charge in [-0.1, -0.05) is 35.6 Å². The van der Waals surface area contributed by atoms with Crippen molar-refractivity contribution in [1.29, 1.82) is 0 Å². The van der Waals surface area contributed by atoms with Crippen LogP contribution in [0.15, 0.2) is 66.2 Å². The molecule has 1 saturated heterocycles. The Labute approximate surface area is 224 Å². The second-order valence-electron chi connectivity index (χ2n) is 8.39. The monoisotopic (exact) mass is 538 g/mol. The number of thiazole rings is 1. The number of amides is 2. The van der Waals surface area contributed by atoms with Crippen LogP contribution < -0.4 is 9.70 Å². The van der Waals surface area contributed by atoms with Gasteiger partial charge in [0.1, 0.15) is 0 Å². The first-order chi connectivity index (χ1) is 18.0. The summed E-state index contributed by atoms with van der Waals surface area (Å²) >= 11 is 2.62. The number of benzene rings is 2. The van der Waals surface area contributed by atoms with Crippen molar-refractivity contribution >= 4 is 56.8 Å². The Morgan fingerprint density at radius 1 is 1.08 bits per heavy atom. The number of esters is 1. The molecule has 3 aromatic rings. The van der Waals surface area contributed by atoms with E-state index in [0.29, 0.717) is 36.6 Å². The predicted molar refractivity (Wildman–Crippen MR) is 149 cm³/mol. The third-order valence-electron chi connectivity index (χ3n) is 5.93. The Morgan fingerprint density at radius 2 is 1.84 bits per heavy atom. The third-order valence-corrected chi connectivity index (χ3v) is 7.87. The number of para-hydroxylation sites is 1. The van der Waals surface area contributed by atoms with Crippen LogP contribution in [0.5, 0.6) is 0 Å². The molecule has 8 nitrogen and oxygen atoms in total. The van der Waals surface area contributed by atoms with Gasteiger partial charge in [-0.25, -0.2) is 4.79 Å². The number of anilines is 1. The zero-order chi connectivity index (χ0) is 26.2. The third kappa shape index (κ3) is 6.69. The fraction of sp³-hybridized carbons (Fsp3) is 0.333. The number of piperazine rings is 1. The molecular formula is C27H30N4O4S2. The van der Waals surface area contributed by atoms with Crippen molar-refractivity contribution < 1.29 is 19.1 Å². The molecule has 0 unspecified atom stereocenters. The molecule has 0 N–H and O–H groups in total. The molecular weight excluding hydrogens is 508 g/mol. The van der Waals surface area contributed by atoms with Gasteiger partial charge in [-0.3, -0.25) is 9.59 Å². The van der Waals surface area contributed by atoms with Gasteiger partial charge in [0.2, 0.25) is 5.91 Å². The fourth-order valence-corrected chi connectivity index (χ4v) is 5.91. The highest BCUT2D eigenvalue weighted by molar-refractivity contribution is 8.00. The maximum absolute atomic E-state index is 12.7. The van der Waals surface area contributed by atoms with E-state index in [4.69, 9.17) is 4.74 Å². The molecule has 1 fully saturated rings. The maximum atomic E-state index is 12.7. The minimum atomic E-state index is -0.384. The van der Waals surface area contributed by atoms with Crippen molar-refractivity contribution in [2.45, 2.75) is 13.5 Å². The quantitative estimate of drug-likeness (QED) is 0.306. The number of rotatable bonds is 9. The average Bonchev–Trinajstić information content (AvgIpc) is 3.25. The highest BCUT2D eigenvalue weighted by Gasteiger charge is 2.21. The number of aromatic nitrogens is 1. The molecule has 194 valence electrons. The predicted octanol–water partition coefficient (Wildman–Crippen LogP) is 3.57. The van der Waals surface area contributed by atoms with E-state index < -0.39 is 0 Å². The normalized spacial score (nSPS) is 14.1. The summed E-state index contributed by atoms with van der Waals surface area (Å²) in [6, 6.07) is 15.5. The molecule has 0 aliphatic carbocycles. The Hall–Kier alpha value is -3.37. The van der Waals surface area contributed by atoms with Crippen molar-refractivity contribution in [2.75, 3.05) is 49.2 Å². The van der Waals surface area contributed by atoms with Crippen LogP contribution in [-0.4, -0.2) is 71.5 Å². The molecule has 0 atom stereocenters. The largest absolute Gasteiger partial charge is 0.462 e. The molecule has 2 amide bonds. The number of hydrogen-bond acceptors (Lipinski definition) is 7. The molecule has 0 bridgehead atoms. The zero-order valence-electron chi connectivity index (χ0n) is 20.8. The van der Waals surface area contributed by atoms with Crippen LogP contribution in [0, 0.1) is 0 Å². The molecule has 1 aliphatic heterocycles. The highest BCUT2D eigenvalue weighted by atomic mass is 32.2. The van der Waals surface area contributed by atoms with Gasteiger partial charge in [-0.15, -0.1) is 18.3 Å². The van der Waals surface area contributed by atoms with Gasteiger partial charge < -0.3 is 19.1 Å². The summed E-state index contributed by atoms with van der Waals surface area (Å²) in [6.07, 6.45) is 1.74. The SMILES string of the molecule is C=CCn1c(=NC(=O)CSCC(=O)N2CCN(c3ccccc3)CC2)sc2cc(C(=O)OCC)ccc21. The number of hydrogen-bond donors (Lipinski definition) is 0. The molecule has 2 heterocycles. The highest BCUT2D eigenvalue weighted by Crippen LogP contribution is 2.20. The first kappa shape index (κ1) is 26.7. The standard InChI is InChI=1S/C27H30N4O4S2/c1-3-12-31-22-11-10-20(26(34)35-4-2)17-23(22)37-27(31)28-24(32)18-36-19-25(33)30-15-13-29(14-16-30)21-8-6-5-7-9-21/h3,5-11,17H,1,4,12-16,18-19H2,2H3. The van der Waals surface area contributed by atoms with Crippen molar-refractivity contribution in [3.63, 3.8) is 0 Å². The zero-order valence-corrected chi connectivity index (χ0v) is 22.4. The topological polar surface area (TPSA) is 84.2 Å². The molecule has 1 aliphatic rings. The fourth-order valence-electron chi connectivity index (χ4n) is 4.11. The number of carbonyl (C=O) groups is 3. The van der Waals surface area contributed by atoms with Crippen LogP contribution in [0.4, 0.5) is 5.69 Å². The van der Waals surface area contributed by atoms with E-state index >= 15 is 0 Å². The van der Waals surface area contributed by atoms with E-state index in [0.717, 1.165) is 23.3 Å². The first-order valence-electron chi connectivity index (χ1n) is 12.1. The van der Waals surface area contributed by atoms with Gasteiger partial charge >= 0.3 is 5.97 Å². The van der Waals surface area contributed by atoms with E-state index in [2.05, 4.69) is 28.6 Å². The summed E-state index contributed by atoms with van der Waals surface area (Å²) in [7, 11) is 0. The second-order valence-corrected chi connectivity index (χ2v) is 10.4. The molecule has 10 heteroatoms. The molecule has 1 aromatic heterocycles. The minimum absolute atomic E-state index is 0.0422. The summed E-state index contributed by atoms with van der Waals surface area (Å²) in [5.74, 6) is -0.284. The van der Waals surface area contributed by atoms with Gasteiger partial charge in [0.15, 0.2) is 4.80 Å². The summed E-state index contributed by atoms with van der Waals surface area (Å²) in [5, 5.41) is 0. The molecule has 4 rings (SSSR count). The van der Waals surface area contributed by atoms with Crippen LogP contribution in [-0.2, 0) is 20.9 Å². The van der Waals surface area contributed by atoms with Gasteiger partial charge in [-0.2, -0.15) is 4.99 Å². The van der Waals surface area contributed by atoms with E-state index in [1.807, 2.05) is 33.7 Å². The van der Waals surface area contributed by atoms with Crippen molar-refractivity contribution in [1.82, 2.24) is 9.47 Å². The Kier molecular flexibility index (Phi) is 9.19. The minimum Gasteiger partial charge on any atom is -0.462 e. The average molecular weight is 539 g/mol. The summed E-state index contributed by atoms with van der Waals surface area (Å²) in [6.45, 7) is 9.27. The number of fused-ring (bicyclic) bond motifs is 1. The van der Waals surface area contributed by atoms with Crippen LogP contribution in [0.2, 0.25) is 0 Å². The van der Waals surface area contributed by atoms with Gasteiger partial charge in [0.05, 0.1) is 33.9 Å². The lowest BCUT2D eigenvalue weighted by atomic mass is 10.2. The lowest BCUT2D eigenvalue weighted by Gasteiger charge is -2.36. The Morgan fingerprint density at radius 3 is 2.54 bits per heavy atom. The summed E-state index contributed by atoms with van der Waals surface area (Å²) in [4.78, 5) is 46.4. The van der Waals surface area contributed by atoms with Gasteiger partial charge in [0.25, 0.3) is 5.91 Å². The van der Waals surface area contributed by atoms with E-state index in [9.17, 15) is 14.4 Å². The molecule has 0 saturated carbocycles. The van der Waals surface area contributed by atoms with Crippen molar-refractivity contribution in [2.24, 2.45) is 4.99 Å². The summed E-state index contributed by atoms with van der Waals surface area (Å²) < 4.78 is 7.81. The number of nitrogens with zero attached hydrogens (tertiary/aromatic N) is 4. The Balaban J connectivity index is 1.34.